The van der Waals surface area contributed by atoms with Crippen LogP contribution in [0.3, 0.4) is 0 Å². The van der Waals surface area contributed by atoms with Crippen LogP contribution in [0.2, 0.25) is 0 Å². The van der Waals surface area contributed by atoms with E-state index < -0.39 is 0 Å². The molecule has 0 heterocycles. The molecule has 0 rings (SSSR count). The fourth-order valence-corrected chi connectivity index (χ4v) is 0.408. The highest BCUT2D eigenvalue weighted by Crippen LogP contribution is 1.59. The molecule has 0 aromatic carbocycles. The summed E-state index contributed by atoms with van der Waals surface area (Å²) in [5, 5.41) is 21.9. The summed E-state index contributed by atoms with van der Waals surface area (Å²) in [6, 6.07) is 0. The van der Waals surface area contributed by atoms with Crippen LogP contribution in [0.5, 0.6) is 0 Å². The Balaban J connectivity index is 3.47. The number of rotatable bonds is 1. The third-order valence-electron chi connectivity index (χ3n) is 0.854. The molecule has 0 aliphatic heterocycles. The van der Waals surface area contributed by atoms with Gasteiger partial charge in [0.15, 0.2) is 11.9 Å². The third-order valence-corrected chi connectivity index (χ3v) is 0.854. The van der Waals surface area contributed by atoms with Gasteiger partial charge in [0.1, 0.15) is 0 Å². The zero-order valence-electron chi connectivity index (χ0n) is 6.21. The normalized spacial score (nSPS) is 8.20. The Morgan fingerprint density at radius 2 is 1.90 bits per heavy atom. The smallest absolute Gasteiger partial charge is 0.195 e. The van der Waals surface area contributed by atoms with E-state index in [9.17, 15) is 0 Å². The van der Waals surface area contributed by atoms with Crippen LogP contribution >= 0.6 is 0 Å². The van der Waals surface area contributed by atoms with Crippen LogP contribution < -0.4 is 16.0 Å². The van der Waals surface area contributed by atoms with Gasteiger partial charge >= 0.3 is 0 Å². The molecular weight excluding hydrogens is 130 g/mol. The topological polar surface area (TPSA) is 83.8 Å². The van der Waals surface area contributed by atoms with Crippen LogP contribution in [-0.4, -0.2) is 25.5 Å². The lowest BCUT2D eigenvalue weighted by Gasteiger charge is -2.07. The lowest BCUT2D eigenvalue weighted by Crippen LogP contribution is -2.44. The highest BCUT2D eigenvalue weighted by molar-refractivity contribution is 5.95. The first kappa shape index (κ1) is 8.74. The lowest BCUT2D eigenvalue weighted by molar-refractivity contribution is 0.909. The summed E-state index contributed by atoms with van der Waals surface area (Å²) in [4.78, 5) is 0. The minimum Gasteiger partial charge on any atom is -0.359 e. The molecule has 0 unspecified atom stereocenters. The Bertz CT molecular complexity index is 130. The van der Waals surface area contributed by atoms with Crippen molar-refractivity contribution < 1.29 is 0 Å². The van der Waals surface area contributed by atoms with E-state index in [0.29, 0.717) is 6.54 Å². The van der Waals surface area contributed by atoms with Gasteiger partial charge in [0.2, 0.25) is 0 Å². The van der Waals surface area contributed by atoms with Gasteiger partial charge in [0.05, 0.1) is 0 Å². The maximum Gasteiger partial charge on any atom is 0.195 e. The number of nitrogens with one attached hydrogen (secondary N) is 5. The summed E-state index contributed by atoms with van der Waals surface area (Å²) >= 11 is 0. The molecule has 5 heteroatoms. The van der Waals surface area contributed by atoms with Crippen molar-refractivity contribution in [1.82, 2.24) is 16.0 Å². The Morgan fingerprint density at radius 3 is 2.30 bits per heavy atom. The van der Waals surface area contributed by atoms with Crippen LogP contribution in [0, 0.1) is 10.8 Å². The van der Waals surface area contributed by atoms with Crippen LogP contribution in [0.4, 0.5) is 0 Å². The van der Waals surface area contributed by atoms with Crippen molar-refractivity contribution in [3.05, 3.63) is 0 Å². The second kappa shape index (κ2) is 4.60. The maximum absolute atomic E-state index is 7.12. The molecule has 0 saturated carbocycles. The van der Waals surface area contributed by atoms with Gasteiger partial charge in [-0.3, -0.25) is 16.1 Å². The van der Waals surface area contributed by atoms with Gasteiger partial charge in [0.25, 0.3) is 0 Å². The molecule has 0 aromatic rings. The van der Waals surface area contributed by atoms with Gasteiger partial charge in [-0.25, -0.2) is 0 Å². The molecule has 0 radical (unpaired) electrons. The Kier molecular flexibility index (Phi) is 4.02. The van der Waals surface area contributed by atoms with Gasteiger partial charge in [-0.1, -0.05) is 0 Å². The molecule has 0 amide bonds. The average molecular weight is 143 g/mol. The molecular formula is C5H13N5. The zero-order chi connectivity index (χ0) is 7.98. The maximum atomic E-state index is 7.12. The van der Waals surface area contributed by atoms with E-state index >= 15 is 0 Å². The van der Waals surface area contributed by atoms with E-state index in [4.69, 9.17) is 10.8 Å². The van der Waals surface area contributed by atoms with E-state index in [1.807, 2.05) is 6.92 Å². The standard InChI is InChI=1S/C5H13N5/c1-3-9-5(7)10-4(6)8-2/h3H2,1-2H3,(H5,6,7,8,9,10). The Hall–Kier alpha value is -1.26. The molecule has 0 aliphatic carbocycles. The highest BCUT2D eigenvalue weighted by atomic mass is 15.2. The van der Waals surface area contributed by atoms with Crippen molar-refractivity contribution in [1.29, 1.82) is 10.8 Å². The van der Waals surface area contributed by atoms with Crippen molar-refractivity contribution in [2.45, 2.75) is 6.92 Å². The van der Waals surface area contributed by atoms with Crippen LogP contribution in [0.15, 0.2) is 0 Å². The van der Waals surface area contributed by atoms with Gasteiger partial charge in [-0.15, -0.1) is 0 Å². The molecule has 5 nitrogen and oxygen atoms in total. The second-order valence-electron chi connectivity index (χ2n) is 1.66. The number of guanidine groups is 2. The van der Waals surface area contributed by atoms with E-state index in [2.05, 4.69) is 16.0 Å². The molecule has 0 atom stereocenters. The molecule has 0 bridgehead atoms. The Morgan fingerprint density at radius 1 is 1.30 bits per heavy atom. The summed E-state index contributed by atoms with van der Waals surface area (Å²) in [5.74, 6) is 0.257. The van der Waals surface area contributed by atoms with E-state index in [1.165, 1.54) is 0 Å². The first-order valence-electron chi connectivity index (χ1n) is 3.06. The summed E-state index contributed by atoms with van der Waals surface area (Å²) in [6.45, 7) is 2.57. The highest BCUT2D eigenvalue weighted by Gasteiger charge is 1.93. The Labute approximate surface area is 60.2 Å². The molecule has 0 saturated heterocycles. The summed E-state index contributed by atoms with van der Waals surface area (Å²) < 4.78 is 0. The summed E-state index contributed by atoms with van der Waals surface area (Å²) in [7, 11) is 1.62. The minimum absolute atomic E-state index is 0.117. The average Bonchev–Trinajstić information content (AvgIpc) is 1.88. The molecule has 10 heavy (non-hydrogen) atoms. The summed E-state index contributed by atoms with van der Waals surface area (Å²) in [5.41, 5.74) is 0. The van der Waals surface area contributed by atoms with E-state index in [-0.39, 0.29) is 11.9 Å². The predicted octanol–water partition coefficient (Wildman–Crippen LogP) is -0.726. The molecule has 5 N–H and O–H groups in total. The molecule has 0 aromatic heterocycles. The quantitative estimate of drug-likeness (QED) is 0.248. The number of hydrogen-bond acceptors (Lipinski definition) is 2. The first-order chi connectivity index (χ1) is 4.70. The third kappa shape index (κ3) is 3.71. The van der Waals surface area contributed by atoms with Crippen LogP contribution in [0.25, 0.3) is 0 Å². The van der Waals surface area contributed by atoms with Gasteiger partial charge in [-0.2, -0.15) is 0 Å². The number of hydrogen-bond donors (Lipinski definition) is 5. The van der Waals surface area contributed by atoms with Gasteiger partial charge in [0, 0.05) is 13.6 Å². The van der Waals surface area contributed by atoms with Crippen LogP contribution in [0.1, 0.15) is 6.92 Å². The largest absolute Gasteiger partial charge is 0.359 e. The fourth-order valence-electron chi connectivity index (χ4n) is 0.408. The molecule has 0 spiro atoms. The SMILES string of the molecule is CCNC(=N)NC(=N)NC. The minimum atomic E-state index is 0.117. The second-order valence-corrected chi connectivity index (χ2v) is 1.66. The van der Waals surface area contributed by atoms with Crippen molar-refractivity contribution >= 4 is 11.9 Å². The summed E-state index contributed by atoms with van der Waals surface area (Å²) in [6.07, 6.45) is 0. The van der Waals surface area contributed by atoms with Gasteiger partial charge < -0.3 is 10.6 Å². The van der Waals surface area contributed by atoms with E-state index in [0.717, 1.165) is 0 Å². The predicted molar refractivity (Wildman–Crippen MR) is 41.3 cm³/mol. The first-order valence-corrected chi connectivity index (χ1v) is 3.06. The molecule has 0 aliphatic rings. The van der Waals surface area contributed by atoms with Crippen molar-refractivity contribution in [3.8, 4) is 0 Å². The van der Waals surface area contributed by atoms with Crippen molar-refractivity contribution in [2.24, 2.45) is 0 Å². The van der Waals surface area contributed by atoms with E-state index in [1.54, 1.807) is 7.05 Å². The fraction of sp³-hybridized carbons (Fsp3) is 0.600. The lowest BCUT2D eigenvalue weighted by atomic mass is 10.7. The van der Waals surface area contributed by atoms with Crippen LogP contribution in [-0.2, 0) is 0 Å². The van der Waals surface area contributed by atoms with Crippen molar-refractivity contribution in [3.63, 3.8) is 0 Å². The van der Waals surface area contributed by atoms with Crippen molar-refractivity contribution in [2.75, 3.05) is 13.6 Å². The zero-order valence-corrected chi connectivity index (χ0v) is 6.21. The molecule has 58 valence electrons. The molecule has 0 fully saturated rings. The van der Waals surface area contributed by atoms with Gasteiger partial charge in [-0.05, 0) is 6.92 Å². The monoisotopic (exact) mass is 143 g/mol.